The highest BCUT2D eigenvalue weighted by molar-refractivity contribution is 7.89. The van der Waals surface area contributed by atoms with Gasteiger partial charge in [-0.1, -0.05) is 65.2 Å². The van der Waals surface area contributed by atoms with Crippen molar-refractivity contribution in [3.63, 3.8) is 0 Å². The summed E-state index contributed by atoms with van der Waals surface area (Å²) < 4.78 is 31.6. The molecule has 9 heteroatoms. The summed E-state index contributed by atoms with van der Waals surface area (Å²) in [5.74, 6) is -0.449. The summed E-state index contributed by atoms with van der Waals surface area (Å²) >= 11 is 12.3. The minimum atomic E-state index is -4.06. The van der Waals surface area contributed by atoms with Crippen LogP contribution in [0.1, 0.15) is 29.2 Å². The topological polar surface area (TPSA) is 71.4 Å². The number of sulfonamides is 1. The molecule has 0 aliphatic heterocycles. The zero-order valence-corrected chi connectivity index (χ0v) is 25.7. The maximum atomic E-state index is 14.1. The van der Waals surface area contributed by atoms with Gasteiger partial charge in [0.15, 0.2) is 0 Å². The summed E-state index contributed by atoms with van der Waals surface area (Å²) in [7, 11) is -4.06. The number of rotatable bonds is 8. The first-order valence-electron chi connectivity index (χ1n) is 13.3. The lowest BCUT2D eigenvalue weighted by atomic mass is 10.1. The number of aromatic nitrogens is 1. The van der Waals surface area contributed by atoms with E-state index >= 15 is 0 Å². The van der Waals surface area contributed by atoms with Crippen molar-refractivity contribution in [3.8, 4) is 0 Å². The molecule has 0 spiro atoms. The summed E-state index contributed by atoms with van der Waals surface area (Å²) in [6.45, 7) is 7.94. The molecule has 0 saturated heterocycles. The molecule has 1 N–H and O–H groups in total. The van der Waals surface area contributed by atoms with Crippen LogP contribution in [0.3, 0.4) is 0 Å². The third-order valence-electron chi connectivity index (χ3n) is 7.24. The molecule has 0 aliphatic rings. The van der Waals surface area contributed by atoms with Crippen molar-refractivity contribution in [2.24, 2.45) is 0 Å². The quantitative estimate of drug-likeness (QED) is 0.195. The zero-order valence-electron chi connectivity index (χ0n) is 23.3. The maximum Gasteiger partial charge on any atom is 0.244 e. The molecule has 212 valence electrons. The largest absolute Gasteiger partial charge is 0.341 e. The van der Waals surface area contributed by atoms with E-state index < -0.39 is 15.9 Å². The molecule has 0 radical (unpaired) electrons. The molecule has 0 atom stereocenters. The van der Waals surface area contributed by atoms with Gasteiger partial charge in [0.1, 0.15) is 0 Å². The standard InChI is InChI=1S/C32H31Cl2N3O3S/c1-5-37-29-9-7-6-8-25(29)26-17-24(11-13-30(26)37)35-31(38)19-36(18-23-10-12-27(33)28(34)16-23)41(39,40)32-21(3)14-20(2)15-22(32)4/h6-17H,5,18-19H2,1-4H3,(H,35,38). The van der Waals surface area contributed by atoms with Crippen LogP contribution < -0.4 is 5.32 Å². The Morgan fingerprint density at radius 3 is 2.22 bits per heavy atom. The Hall–Kier alpha value is -3.36. The number of halogens is 2. The van der Waals surface area contributed by atoms with Crippen molar-refractivity contribution < 1.29 is 13.2 Å². The van der Waals surface area contributed by atoms with E-state index in [1.165, 1.54) is 4.31 Å². The van der Waals surface area contributed by atoms with Crippen LogP contribution in [0.2, 0.25) is 10.0 Å². The number of carbonyl (C=O) groups excluding carboxylic acids is 1. The summed E-state index contributed by atoms with van der Waals surface area (Å²) in [5.41, 5.74) is 5.62. The Balaban J connectivity index is 1.49. The fourth-order valence-electron chi connectivity index (χ4n) is 5.60. The van der Waals surface area contributed by atoms with Gasteiger partial charge in [-0.05, 0) is 80.8 Å². The lowest BCUT2D eigenvalue weighted by Gasteiger charge is -2.24. The fraction of sp³-hybridized carbons (Fsp3) is 0.219. The van der Waals surface area contributed by atoms with E-state index in [1.54, 1.807) is 32.0 Å². The van der Waals surface area contributed by atoms with Gasteiger partial charge in [-0.15, -0.1) is 0 Å². The van der Waals surface area contributed by atoms with Crippen LogP contribution in [0.4, 0.5) is 5.69 Å². The van der Waals surface area contributed by atoms with Crippen molar-refractivity contribution in [3.05, 3.63) is 105 Å². The van der Waals surface area contributed by atoms with E-state index in [4.69, 9.17) is 23.2 Å². The van der Waals surface area contributed by atoms with Crippen LogP contribution in [0.5, 0.6) is 0 Å². The Bertz CT molecular complexity index is 1890. The summed E-state index contributed by atoms with van der Waals surface area (Å²) in [4.78, 5) is 13.6. The van der Waals surface area contributed by atoms with Gasteiger partial charge in [0.05, 0.1) is 21.5 Å². The van der Waals surface area contributed by atoms with Crippen LogP contribution in [-0.4, -0.2) is 29.7 Å². The average molecular weight is 609 g/mol. The van der Waals surface area contributed by atoms with Gasteiger partial charge in [0, 0.05) is 40.6 Å². The first-order chi connectivity index (χ1) is 19.5. The van der Waals surface area contributed by atoms with E-state index in [0.29, 0.717) is 32.4 Å². The highest BCUT2D eigenvalue weighted by Crippen LogP contribution is 2.32. The molecule has 1 heterocycles. The fourth-order valence-corrected chi connectivity index (χ4v) is 7.72. The normalized spacial score (nSPS) is 12.0. The average Bonchev–Trinajstić information content (AvgIpc) is 3.22. The highest BCUT2D eigenvalue weighted by Gasteiger charge is 2.30. The SMILES string of the molecule is CCn1c2ccccc2c2cc(NC(=O)CN(Cc3ccc(Cl)c(Cl)c3)S(=O)(=O)c3c(C)cc(C)cc3C)ccc21. The molecular formula is C32H31Cl2N3O3S. The molecule has 0 fully saturated rings. The van der Waals surface area contributed by atoms with E-state index in [0.717, 1.165) is 33.9 Å². The number of anilines is 1. The van der Waals surface area contributed by atoms with E-state index in [9.17, 15) is 13.2 Å². The molecule has 5 aromatic rings. The number of hydrogen-bond acceptors (Lipinski definition) is 3. The number of aryl methyl sites for hydroxylation is 4. The minimum absolute atomic E-state index is 0.0532. The minimum Gasteiger partial charge on any atom is -0.341 e. The van der Waals surface area contributed by atoms with Gasteiger partial charge in [-0.25, -0.2) is 8.42 Å². The lowest BCUT2D eigenvalue weighted by molar-refractivity contribution is -0.116. The van der Waals surface area contributed by atoms with E-state index in [1.807, 2.05) is 49.4 Å². The van der Waals surface area contributed by atoms with Gasteiger partial charge in [-0.3, -0.25) is 4.79 Å². The second-order valence-corrected chi connectivity index (χ2v) is 13.0. The molecule has 41 heavy (non-hydrogen) atoms. The molecule has 1 amide bonds. The monoisotopic (exact) mass is 607 g/mol. The summed E-state index contributed by atoms with van der Waals surface area (Å²) in [5, 5.41) is 5.72. The third-order valence-corrected chi connectivity index (χ3v) is 10.1. The lowest BCUT2D eigenvalue weighted by Crippen LogP contribution is -2.38. The molecule has 0 aliphatic carbocycles. The first-order valence-corrected chi connectivity index (χ1v) is 15.5. The smallest absolute Gasteiger partial charge is 0.244 e. The molecule has 0 unspecified atom stereocenters. The van der Waals surface area contributed by atoms with Gasteiger partial charge >= 0.3 is 0 Å². The summed E-state index contributed by atoms with van der Waals surface area (Å²) in [6.07, 6.45) is 0. The maximum absolute atomic E-state index is 14.1. The number of nitrogens with one attached hydrogen (secondary N) is 1. The predicted octanol–water partition coefficient (Wildman–Crippen LogP) is 7.88. The van der Waals surface area contributed by atoms with Crippen molar-refractivity contribution in [1.29, 1.82) is 0 Å². The molecular weight excluding hydrogens is 577 g/mol. The summed E-state index contributed by atoms with van der Waals surface area (Å²) in [6, 6.07) is 22.5. The van der Waals surface area contributed by atoms with Crippen molar-refractivity contribution in [1.82, 2.24) is 8.87 Å². The van der Waals surface area contributed by atoms with Crippen LogP contribution in [-0.2, 0) is 27.9 Å². The van der Waals surface area contributed by atoms with Gasteiger partial charge in [0.2, 0.25) is 15.9 Å². The van der Waals surface area contributed by atoms with Crippen molar-refractivity contribution >= 4 is 66.6 Å². The number of nitrogens with zero attached hydrogens (tertiary/aromatic N) is 2. The number of amides is 1. The number of fused-ring (bicyclic) bond motifs is 3. The number of para-hydroxylation sites is 1. The molecule has 4 aromatic carbocycles. The van der Waals surface area contributed by atoms with Crippen molar-refractivity contribution in [2.75, 3.05) is 11.9 Å². The van der Waals surface area contributed by atoms with Crippen LogP contribution in [0, 0.1) is 20.8 Å². The molecule has 6 nitrogen and oxygen atoms in total. The molecule has 1 aromatic heterocycles. The van der Waals surface area contributed by atoms with Crippen LogP contribution in [0.15, 0.2) is 77.7 Å². The van der Waals surface area contributed by atoms with Gasteiger partial charge < -0.3 is 9.88 Å². The Morgan fingerprint density at radius 1 is 0.854 bits per heavy atom. The van der Waals surface area contributed by atoms with E-state index in [-0.39, 0.29) is 18.0 Å². The first kappa shape index (κ1) is 29.1. The molecule has 0 saturated carbocycles. The van der Waals surface area contributed by atoms with E-state index in [2.05, 4.69) is 28.9 Å². The number of hydrogen-bond donors (Lipinski definition) is 1. The Labute approximate surface area is 250 Å². The Kier molecular flexibility index (Phi) is 8.17. The van der Waals surface area contributed by atoms with Crippen molar-refractivity contribution in [2.45, 2.75) is 45.7 Å². The van der Waals surface area contributed by atoms with Crippen LogP contribution in [0.25, 0.3) is 21.8 Å². The van der Waals surface area contributed by atoms with Gasteiger partial charge in [-0.2, -0.15) is 4.31 Å². The second-order valence-electron chi connectivity index (χ2n) is 10.3. The predicted molar refractivity (Wildman–Crippen MR) is 168 cm³/mol. The zero-order chi connectivity index (χ0) is 29.5. The Morgan fingerprint density at radius 2 is 1.54 bits per heavy atom. The molecule has 5 rings (SSSR count). The third kappa shape index (κ3) is 5.72. The number of benzene rings is 4. The second kappa shape index (κ2) is 11.5. The highest BCUT2D eigenvalue weighted by atomic mass is 35.5. The number of carbonyl (C=O) groups is 1. The molecule has 0 bridgehead atoms. The van der Waals surface area contributed by atoms with Gasteiger partial charge in [0.25, 0.3) is 0 Å². The van der Waals surface area contributed by atoms with Crippen LogP contribution >= 0.6 is 23.2 Å².